The molecule has 0 atom stereocenters. The van der Waals surface area contributed by atoms with Crippen LogP contribution in [0.3, 0.4) is 0 Å². The van der Waals surface area contributed by atoms with Crippen molar-refractivity contribution >= 4 is 11.5 Å². The molecule has 0 bridgehead atoms. The smallest absolute Gasteiger partial charge is 0.175 e. The number of hydrazone groups is 1. The molecular weight excluding hydrogens is 224 g/mol. The Morgan fingerprint density at radius 1 is 1.00 bits per heavy atom. The molecule has 0 spiro atoms. The Morgan fingerprint density at radius 3 is 1.28 bits per heavy atom. The maximum atomic E-state index is 10.5. The summed E-state index contributed by atoms with van der Waals surface area (Å²) in [5, 5.41) is 5.49. The van der Waals surface area contributed by atoms with E-state index in [1.54, 1.807) is 33.0 Å². The predicted octanol–water partition coefficient (Wildman–Crippen LogP) is 4.23. The van der Waals surface area contributed by atoms with Crippen LogP contribution in [0.5, 0.6) is 0 Å². The summed E-state index contributed by atoms with van der Waals surface area (Å²) in [6, 6.07) is 0. The van der Waals surface area contributed by atoms with Gasteiger partial charge in [-0.05, 0) is 13.8 Å². The fourth-order valence-electron chi connectivity index (χ4n) is 0.370. The number of terminal acetylenes is 1. The van der Waals surface area contributed by atoms with Crippen LogP contribution >= 0.6 is 0 Å². The third kappa shape index (κ3) is 61.5. The van der Waals surface area contributed by atoms with E-state index in [2.05, 4.69) is 17.4 Å². The Hall–Kier alpha value is -1.30. The van der Waals surface area contributed by atoms with Crippen molar-refractivity contribution in [1.29, 1.82) is 0 Å². The average Bonchev–Trinajstić information content (AvgIpc) is 2.36. The summed E-state index contributed by atoms with van der Waals surface area (Å²) in [7, 11) is 3.57. The van der Waals surface area contributed by atoms with Gasteiger partial charge in [0, 0.05) is 21.0 Å². The van der Waals surface area contributed by atoms with Gasteiger partial charge in [0.1, 0.15) is 0 Å². The molecule has 0 radical (unpaired) electrons. The summed E-state index contributed by atoms with van der Waals surface area (Å²) in [5.41, 5.74) is 0.542. The zero-order valence-electron chi connectivity index (χ0n) is 14.4. The Kier molecular flexibility index (Phi) is 60.2. The lowest BCUT2D eigenvalue weighted by Crippen LogP contribution is -2.11. The molecule has 0 rings (SSSR count). The van der Waals surface area contributed by atoms with Crippen molar-refractivity contribution in [2.75, 3.05) is 14.1 Å². The second kappa shape index (κ2) is 36.1. The van der Waals surface area contributed by atoms with E-state index < -0.39 is 0 Å². The normalized spacial score (nSPS) is 7.11. The molecule has 110 valence electrons. The van der Waals surface area contributed by atoms with Gasteiger partial charge in [-0.1, -0.05) is 41.5 Å². The lowest BCUT2D eigenvalue weighted by Gasteiger charge is -2.03. The lowest BCUT2D eigenvalue weighted by molar-refractivity contribution is -0.111. The van der Waals surface area contributed by atoms with Crippen LogP contribution in [0.15, 0.2) is 5.10 Å². The number of hydrogen-bond donors (Lipinski definition) is 0. The molecule has 0 heterocycles. The van der Waals surface area contributed by atoms with E-state index in [4.69, 9.17) is 0 Å². The van der Waals surface area contributed by atoms with E-state index in [0.29, 0.717) is 5.71 Å². The van der Waals surface area contributed by atoms with Crippen molar-refractivity contribution in [1.82, 2.24) is 5.01 Å². The average molecular weight is 258 g/mol. The second-order valence-electron chi connectivity index (χ2n) is 2.38. The van der Waals surface area contributed by atoms with Crippen molar-refractivity contribution in [2.24, 2.45) is 5.10 Å². The molecule has 0 N–H and O–H groups in total. The Labute approximate surface area is 116 Å². The molecule has 0 amide bonds. The highest BCUT2D eigenvalue weighted by molar-refractivity contribution is 6.37. The molecule has 0 aromatic rings. The van der Waals surface area contributed by atoms with Crippen molar-refractivity contribution in [3.05, 3.63) is 0 Å². The Balaban J connectivity index is -0.0000000524. The predicted molar refractivity (Wildman–Crippen MR) is 86.0 cm³/mol. The van der Waals surface area contributed by atoms with Gasteiger partial charge in [0.2, 0.25) is 0 Å². The van der Waals surface area contributed by atoms with Gasteiger partial charge in [0.05, 0.1) is 5.71 Å². The standard InChI is InChI=1S/C6H12N2O.C3H4.3C2H6/c1-5(6(2)9)7-8(3)4;1-3-2;3*1-2/h1-4H3;1H,2H3;3*1-2H3/b7-5+;;;;. The maximum absolute atomic E-state index is 10.5. The molecule has 0 unspecified atom stereocenters. The fraction of sp³-hybridized carbons (Fsp3) is 0.733. The molecule has 0 saturated carbocycles. The van der Waals surface area contributed by atoms with E-state index in [-0.39, 0.29) is 5.78 Å². The molecule has 0 aliphatic rings. The van der Waals surface area contributed by atoms with Crippen LogP contribution in [0, 0.1) is 12.3 Å². The highest BCUT2D eigenvalue weighted by Gasteiger charge is 1.96. The molecular formula is C15H34N2O. The molecule has 18 heavy (non-hydrogen) atoms. The molecule has 0 aliphatic heterocycles. The van der Waals surface area contributed by atoms with Gasteiger partial charge in [-0.3, -0.25) is 4.79 Å². The van der Waals surface area contributed by atoms with Crippen LogP contribution in [0.4, 0.5) is 0 Å². The number of nitrogens with zero attached hydrogens (tertiary/aromatic N) is 2. The molecule has 0 aromatic heterocycles. The molecule has 0 aliphatic carbocycles. The van der Waals surface area contributed by atoms with Crippen molar-refractivity contribution in [2.45, 2.75) is 62.3 Å². The van der Waals surface area contributed by atoms with Gasteiger partial charge in [-0.25, -0.2) is 0 Å². The molecule has 0 fully saturated rings. The van der Waals surface area contributed by atoms with E-state index in [9.17, 15) is 4.79 Å². The maximum Gasteiger partial charge on any atom is 0.175 e. The minimum absolute atomic E-state index is 0.0173. The van der Waals surface area contributed by atoms with Crippen LogP contribution < -0.4 is 0 Å². The summed E-state index contributed by atoms with van der Waals surface area (Å²) in [6.45, 7) is 16.9. The highest BCUT2D eigenvalue weighted by Crippen LogP contribution is 1.81. The SMILES string of the molecule is C#CC.CC.CC.CC.CC(=O)/C(C)=N/N(C)C. The first kappa shape index (κ1) is 30.1. The Morgan fingerprint density at radius 2 is 1.22 bits per heavy atom. The van der Waals surface area contributed by atoms with Crippen molar-refractivity contribution in [3.63, 3.8) is 0 Å². The highest BCUT2D eigenvalue weighted by atomic mass is 16.1. The monoisotopic (exact) mass is 258 g/mol. The van der Waals surface area contributed by atoms with Crippen LogP contribution in [-0.2, 0) is 4.79 Å². The summed E-state index contributed by atoms with van der Waals surface area (Å²) in [6.07, 6.45) is 4.60. The molecule has 3 heteroatoms. The van der Waals surface area contributed by atoms with Gasteiger partial charge in [0.25, 0.3) is 0 Å². The van der Waals surface area contributed by atoms with E-state index >= 15 is 0 Å². The number of rotatable bonds is 2. The molecule has 0 aromatic carbocycles. The minimum atomic E-state index is 0.0173. The summed E-state index contributed by atoms with van der Waals surface area (Å²) in [5.74, 6) is 2.27. The van der Waals surface area contributed by atoms with Crippen molar-refractivity contribution in [3.8, 4) is 12.3 Å². The number of carbonyl (C=O) groups excluding carboxylic acids is 1. The van der Waals surface area contributed by atoms with Crippen LogP contribution in [-0.4, -0.2) is 30.6 Å². The topological polar surface area (TPSA) is 32.7 Å². The quantitative estimate of drug-likeness (QED) is 0.422. The number of Topliss-reactive ketones (excluding diaryl/α,β-unsaturated/α-hetero) is 1. The first-order valence-corrected chi connectivity index (χ1v) is 6.56. The van der Waals surface area contributed by atoms with Crippen LogP contribution in [0.1, 0.15) is 62.3 Å². The van der Waals surface area contributed by atoms with Gasteiger partial charge in [-0.15, -0.1) is 12.3 Å². The summed E-state index contributed by atoms with van der Waals surface area (Å²) in [4.78, 5) is 10.5. The molecule has 0 saturated heterocycles. The van der Waals surface area contributed by atoms with E-state index in [1.165, 1.54) is 6.92 Å². The van der Waals surface area contributed by atoms with Gasteiger partial charge in [-0.2, -0.15) is 5.10 Å². The number of ketones is 1. The first-order valence-electron chi connectivity index (χ1n) is 6.56. The molecule has 3 nitrogen and oxygen atoms in total. The van der Waals surface area contributed by atoms with Crippen LogP contribution in [0.2, 0.25) is 0 Å². The third-order valence-electron chi connectivity index (χ3n) is 0.860. The summed E-state index contributed by atoms with van der Waals surface area (Å²) < 4.78 is 0. The number of carbonyl (C=O) groups is 1. The Bertz CT molecular complexity index is 201. The largest absolute Gasteiger partial charge is 0.303 e. The van der Waals surface area contributed by atoms with E-state index in [1.807, 2.05) is 41.5 Å². The fourth-order valence-corrected chi connectivity index (χ4v) is 0.370. The zero-order chi connectivity index (χ0) is 16.1. The third-order valence-corrected chi connectivity index (χ3v) is 0.860. The summed E-state index contributed by atoms with van der Waals surface area (Å²) >= 11 is 0. The number of hydrogen-bond acceptors (Lipinski definition) is 3. The van der Waals surface area contributed by atoms with Gasteiger partial charge in [0.15, 0.2) is 5.78 Å². The minimum Gasteiger partial charge on any atom is -0.303 e. The zero-order valence-corrected chi connectivity index (χ0v) is 14.4. The van der Waals surface area contributed by atoms with Crippen LogP contribution in [0.25, 0.3) is 0 Å². The van der Waals surface area contributed by atoms with Gasteiger partial charge < -0.3 is 5.01 Å². The second-order valence-corrected chi connectivity index (χ2v) is 2.38. The van der Waals surface area contributed by atoms with Crippen molar-refractivity contribution < 1.29 is 4.79 Å². The van der Waals surface area contributed by atoms with Gasteiger partial charge >= 0.3 is 0 Å². The first-order chi connectivity index (χ1) is 8.45. The lowest BCUT2D eigenvalue weighted by atomic mass is 10.3. The van der Waals surface area contributed by atoms with E-state index in [0.717, 1.165) is 0 Å².